The van der Waals surface area contributed by atoms with Gasteiger partial charge < -0.3 is 10.5 Å². The average molecular weight is 253 g/mol. The predicted molar refractivity (Wildman–Crippen MR) is 70.3 cm³/mol. The first-order valence-corrected chi connectivity index (χ1v) is 5.67. The zero-order valence-electron chi connectivity index (χ0n) is 10.9. The molecule has 0 fully saturated rings. The molecule has 2 N–H and O–H groups in total. The Kier molecular flexibility index (Phi) is 5.06. The van der Waals surface area contributed by atoms with Crippen molar-refractivity contribution in [2.75, 3.05) is 26.5 Å². The lowest BCUT2D eigenvalue weighted by Crippen LogP contribution is -2.32. The zero-order chi connectivity index (χ0) is 13.7. The van der Waals surface area contributed by atoms with E-state index in [2.05, 4.69) is 0 Å². The lowest BCUT2D eigenvalue weighted by Gasteiger charge is -2.24. The highest BCUT2D eigenvalue weighted by atomic mass is 16.6. The van der Waals surface area contributed by atoms with Crippen LogP contribution < -0.4 is 5.73 Å². The molecule has 6 nitrogen and oxygen atoms in total. The standard InChI is InChI=1S/C12H19N3O3/c1-9(8-18-3)14(2)7-10-6-11(15(16)17)4-5-12(10)13/h4-6,9H,7-8,13H2,1-3H3. The fourth-order valence-electron chi connectivity index (χ4n) is 1.64. The first kappa shape index (κ1) is 14.4. The predicted octanol–water partition coefficient (Wildman–Crippen LogP) is 1.64. The molecule has 1 aromatic carbocycles. The minimum absolute atomic E-state index is 0.0620. The van der Waals surface area contributed by atoms with Crippen molar-refractivity contribution in [2.24, 2.45) is 0 Å². The van der Waals surface area contributed by atoms with Gasteiger partial charge in [0.05, 0.1) is 11.5 Å². The van der Waals surface area contributed by atoms with E-state index in [0.717, 1.165) is 5.56 Å². The molecule has 0 saturated heterocycles. The number of nitro benzene ring substituents is 1. The summed E-state index contributed by atoms with van der Waals surface area (Å²) in [5.74, 6) is 0. The Morgan fingerprint density at radius 3 is 2.78 bits per heavy atom. The van der Waals surface area contributed by atoms with Crippen molar-refractivity contribution in [3.8, 4) is 0 Å². The highest BCUT2D eigenvalue weighted by Crippen LogP contribution is 2.21. The Morgan fingerprint density at radius 2 is 2.22 bits per heavy atom. The van der Waals surface area contributed by atoms with Crippen molar-refractivity contribution < 1.29 is 9.66 Å². The Balaban J connectivity index is 2.83. The molecule has 0 heterocycles. The topological polar surface area (TPSA) is 81.6 Å². The van der Waals surface area contributed by atoms with Gasteiger partial charge in [-0.2, -0.15) is 0 Å². The summed E-state index contributed by atoms with van der Waals surface area (Å²) in [6, 6.07) is 4.72. The third kappa shape index (κ3) is 3.68. The van der Waals surface area contributed by atoms with Crippen LogP contribution in [0.2, 0.25) is 0 Å². The Hall–Kier alpha value is -1.66. The monoisotopic (exact) mass is 253 g/mol. The highest BCUT2D eigenvalue weighted by molar-refractivity contribution is 5.52. The second kappa shape index (κ2) is 6.32. The highest BCUT2D eigenvalue weighted by Gasteiger charge is 2.14. The molecule has 1 aromatic rings. The number of ether oxygens (including phenoxy) is 1. The minimum Gasteiger partial charge on any atom is -0.398 e. The number of nitrogens with two attached hydrogens (primary N) is 1. The molecular weight excluding hydrogens is 234 g/mol. The van der Waals surface area contributed by atoms with E-state index in [1.54, 1.807) is 13.2 Å². The molecule has 0 aliphatic rings. The molecule has 0 spiro atoms. The number of nitro groups is 1. The number of methoxy groups -OCH3 is 1. The van der Waals surface area contributed by atoms with E-state index in [4.69, 9.17) is 10.5 Å². The summed E-state index contributed by atoms with van der Waals surface area (Å²) < 4.78 is 5.07. The molecule has 1 atom stereocenters. The number of rotatable bonds is 6. The number of anilines is 1. The molecule has 0 saturated carbocycles. The van der Waals surface area contributed by atoms with E-state index in [0.29, 0.717) is 18.8 Å². The van der Waals surface area contributed by atoms with E-state index in [-0.39, 0.29) is 11.7 Å². The van der Waals surface area contributed by atoms with Gasteiger partial charge in [0.1, 0.15) is 0 Å². The van der Waals surface area contributed by atoms with Gasteiger partial charge in [-0.05, 0) is 25.6 Å². The lowest BCUT2D eigenvalue weighted by molar-refractivity contribution is -0.384. The second-order valence-corrected chi connectivity index (χ2v) is 4.36. The van der Waals surface area contributed by atoms with Crippen molar-refractivity contribution in [3.63, 3.8) is 0 Å². The van der Waals surface area contributed by atoms with Crippen LogP contribution >= 0.6 is 0 Å². The normalized spacial score (nSPS) is 12.7. The molecule has 1 unspecified atom stereocenters. The number of likely N-dealkylation sites (N-methyl/N-ethyl adjacent to an activating group) is 1. The van der Waals surface area contributed by atoms with E-state index >= 15 is 0 Å². The first-order valence-electron chi connectivity index (χ1n) is 5.67. The van der Waals surface area contributed by atoms with Gasteiger partial charge in [0, 0.05) is 37.5 Å². The van der Waals surface area contributed by atoms with Gasteiger partial charge in [-0.3, -0.25) is 15.0 Å². The van der Waals surface area contributed by atoms with Crippen LogP contribution in [0.4, 0.5) is 11.4 Å². The molecule has 0 aliphatic heterocycles. The van der Waals surface area contributed by atoms with Gasteiger partial charge in [0.2, 0.25) is 0 Å². The molecule has 18 heavy (non-hydrogen) atoms. The van der Waals surface area contributed by atoms with Crippen LogP contribution in [0.1, 0.15) is 12.5 Å². The van der Waals surface area contributed by atoms with Crippen molar-refractivity contribution in [1.29, 1.82) is 0 Å². The van der Waals surface area contributed by atoms with Crippen LogP contribution in [0.15, 0.2) is 18.2 Å². The molecule has 0 aromatic heterocycles. The first-order chi connectivity index (χ1) is 8.45. The maximum atomic E-state index is 10.7. The summed E-state index contributed by atoms with van der Waals surface area (Å²) in [4.78, 5) is 12.3. The molecule has 100 valence electrons. The summed E-state index contributed by atoms with van der Waals surface area (Å²) in [6.07, 6.45) is 0. The summed E-state index contributed by atoms with van der Waals surface area (Å²) in [5, 5.41) is 10.7. The van der Waals surface area contributed by atoms with Gasteiger partial charge in [-0.25, -0.2) is 0 Å². The zero-order valence-corrected chi connectivity index (χ0v) is 10.9. The van der Waals surface area contributed by atoms with Crippen molar-refractivity contribution in [3.05, 3.63) is 33.9 Å². The Labute approximate surface area is 106 Å². The number of nitrogen functional groups attached to an aromatic ring is 1. The molecular formula is C12H19N3O3. The molecule has 0 bridgehead atoms. The van der Waals surface area contributed by atoms with Gasteiger partial charge >= 0.3 is 0 Å². The van der Waals surface area contributed by atoms with Gasteiger partial charge in [0.25, 0.3) is 5.69 Å². The fourth-order valence-corrected chi connectivity index (χ4v) is 1.64. The van der Waals surface area contributed by atoms with Crippen LogP contribution in [0.25, 0.3) is 0 Å². The van der Waals surface area contributed by atoms with Crippen LogP contribution in [0.5, 0.6) is 0 Å². The van der Waals surface area contributed by atoms with Crippen LogP contribution in [-0.2, 0) is 11.3 Å². The van der Waals surface area contributed by atoms with E-state index in [9.17, 15) is 10.1 Å². The number of non-ortho nitro benzene ring substituents is 1. The summed E-state index contributed by atoms with van der Waals surface area (Å²) in [5.41, 5.74) is 7.22. The third-order valence-electron chi connectivity index (χ3n) is 2.92. The van der Waals surface area contributed by atoms with Crippen LogP contribution in [-0.4, -0.2) is 36.6 Å². The average Bonchev–Trinajstić information content (AvgIpc) is 2.31. The Bertz CT molecular complexity index is 423. The van der Waals surface area contributed by atoms with Gasteiger partial charge in [0.15, 0.2) is 0 Å². The molecule has 0 aliphatic carbocycles. The SMILES string of the molecule is COCC(C)N(C)Cc1cc([N+](=O)[O-])ccc1N. The molecule has 1 rings (SSSR count). The van der Waals surface area contributed by atoms with Crippen LogP contribution in [0.3, 0.4) is 0 Å². The van der Waals surface area contributed by atoms with Crippen molar-refractivity contribution in [1.82, 2.24) is 4.90 Å². The quantitative estimate of drug-likeness (QED) is 0.473. The number of hydrogen-bond donors (Lipinski definition) is 1. The molecule has 0 amide bonds. The van der Waals surface area contributed by atoms with E-state index in [1.807, 2.05) is 18.9 Å². The second-order valence-electron chi connectivity index (χ2n) is 4.36. The number of benzene rings is 1. The lowest BCUT2D eigenvalue weighted by atomic mass is 10.1. The largest absolute Gasteiger partial charge is 0.398 e. The number of hydrogen-bond acceptors (Lipinski definition) is 5. The minimum atomic E-state index is -0.415. The van der Waals surface area contributed by atoms with Gasteiger partial charge in [-0.1, -0.05) is 0 Å². The molecule has 6 heteroatoms. The number of nitrogens with zero attached hydrogens (tertiary/aromatic N) is 2. The maximum Gasteiger partial charge on any atom is 0.269 e. The van der Waals surface area contributed by atoms with E-state index < -0.39 is 4.92 Å². The summed E-state index contributed by atoms with van der Waals surface area (Å²) in [6.45, 7) is 3.18. The van der Waals surface area contributed by atoms with Crippen LogP contribution in [0, 0.1) is 10.1 Å². The van der Waals surface area contributed by atoms with Gasteiger partial charge in [-0.15, -0.1) is 0 Å². The smallest absolute Gasteiger partial charge is 0.269 e. The molecule has 0 radical (unpaired) electrons. The van der Waals surface area contributed by atoms with Crippen molar-refractivity contribution >= 4 is 11.4 Å². The third-order valence-corrected chi connectivity index (χ3v) is 2.92. The van der Waals surface area contributed by atoms with E-state index in [1.165, 1.54) is 12.1 Å². The fraction of sp³-hybridized carbons (Fsp3) is 0.500. The maximum absolute atomic E-state index is 10.7. The Morgan fingerprint density at radius 1 is 1.56 bits per heavy atom. The summed E-state index contributed by atoms with van der Waals surface area (Å²) in [7, 11) is 3.58. The summed E-state index contributed by atoms with van der Waals surface area (Å²) >= 11 is 0. The van der Waals surface area contributed by atoms with Crippen molar-refractivity contribution in [2.45, 2.75) is 19.5 Å².